The summed E-state index contributed by atoms with van der Waals surface area (Å²) < 4.78 is 6.18. The number of rotatable bonds is 7. The minimum Gasteiger partial charge on any atom is -0.481 e. The minimum atomic E-state index is -1.01. The highest BCUT2D eigenvalue weighted by Crippen LogP contribution is 2.36. The van der Waals surface area contributed by atoms with Gasteiger partial charge in [-0.25, -0.2) is 9.97 Å². The van der Waals surface area contributed by atoms with Crippen LogP contribution >= 0.6 is 11.6 Å². The first kappa shape index (κ1) is 23.3. The monoisotopic (exact) mass is 473 g/mol. The van der Waals surface area contributed by atoms with Crippen LogP contribution in [0.3, 0.4) is 0 Å². The van der Waals surface area contributed by atoms with Crippen LogP contribution in [-0.2, 0) is 10.2 Å². The summed E-state index contributed by atoms with van der Waals surface area (Å²) >= 11 is 6.41. The third kappa shape index (κ3) is 5.02. The number of hydrogen-bond donors (Lipinski definition) is 2. The highest BCUT2D eigenvalue weighted by molar-refractivity contribution is 6.33. The van der Waals surface area contributed by atoms with Gasteiger partial charge in [-0.05, 0) is 62.7 Å². The lowest BCUT2D eigenvalue weighted by Gasteiger charge is -2.20. The fourth-order valence-corrected chi connectivity index (χ4v) is 3.62. The van der Waals surface area contributed by atoms with E-state index >= 15 is 0 Å². The Kier molecular flexibility index (Phi) is 6.52. The summed E-state index contributed by atoms with van der Waals surface area (Å²) in [5, 5.41) is 13.3. The molecule has 6 nitrogen and oxygen atoms in total. The normalized spacial score (nSPS) is 11.2. The molecule has 0 saturated heterocycles. The summed E-state index contributed by atoms with van der Waals surface area (Å²) in [7, 11) is 0. The maximum Gasteiger partial charge on any atom is 0.313 e. The molecule has 172 valence electrons. The van der Waals surface area contributed by atoms with E-state index in [-0.39, 0.29) is 0 Å². The Hall–Kier alpha value is -3.90. The van der Waals surface area contributed by atoms with Crippen molar-refractivity contribution in [2.45, 2.75) is 26.2 Å². The molecule has 0 spiro atoms. The van der Waals surface area contributed by atoms with Gasteiger partial charge in [0.05, 0.1) is 10.4 Å². The summed E-state index contributed by atoms with van der Waals surface area (Å²) in [6, 6.07) is 22.1. The van der Waals surface area contributed by atoms with Crippen molar-refractivity contribution in [3.63, 3.8) is 0 Å². The first-order valence-corrected chi connectivity index (χ1v) is 11.1. The van der Waals surface area contributed by atoms with Crippen molar-refractivity contribution in [1.82, 2.24) is 9.97 Å². The maximum absolute atomic E-state index is 11.6. The number of carboxylic acids is 1. The van der Waals surface area contributed by atoms with Crippen molar-refractivity contribution in [2.75, 3.05) is 5.32 Å². The summed E-state index contributed by atoms with van der Waals surface area (Å²) in [6.45, 7) is 5.26. The molecule has 0 amide bonds. The molecule has 0 aliphatic rings. The topological polar surface area (TPSA) is 84.3 Å². The van der Waals surface area contributed by atoms with Gasteiger partial charge in [0.1, 0.15) is 17.3 Å². The van der Waals surface area contributed by atoms with Crippen LogP contribution in [0.5, 0.6) is 11.5 Å². The molecule has 4 aromatic rings. The average Bonchev–Trinajstić information content (AvgIpc) is 2.81. The van der Waals surface area contributed by atoms with Crippen LogP contribution in [0.4, 0.5) is 11.5 Å². The van der Waals surface area contributed by atoms with Gasteiger partial charge in [-0.1, -0.05) is 41.9 Å². The Balaban J connectivity index is 1.61. The Labute approximate surface area is 203 Å². The van der Waals surface area contributed by atoms with Crippen molar-refractivity contribution in [3.05, 3.63) is 95.3 Å². The smallest absolute Gasteiger partial charge is 0.313 e. The highest BCUT2D eigenvalue weighted by atomic mass is 35.5. The first-order valence-electron chi connectivity index (χ1n) is 10.7. The minimum absolute atomic E-state index is 0.558. The molecule has 0 saturated carbocycles. The number of aryl methyl sites for hydroxylation is 1. The van der Waals surface area contributed by atoms with E-state index < -0.39 is 11.4 Å². The van der Waals surface area contributed by atoms with Gasteiger partial charge >= 0.3 is 5.97 Å². The van der Waals surface area contributed by atoms with Gasteiger partial charge in [-0.3, -0.25) is 4.79 Å². The van der Waals surface area contributed by atoms with Crippen molar-refractivity contribution in [2.24, 2.45) is 0 Å². The van der Waals surface area contributed by atoms with Gasteiger partial charge in [0.25, 0.3) is 0 Å². The molecule has 4 rings (SSSR count). The van der Waals surface area contributed by atoms with Gasteiger partial charge < -0.3 is 15.2 Å². The highest BCUT2D eigenvalue weighted by Gasteiger charge is 2.29. The largest absolute Gasteiger partial charge is 0.481 e. The molecule has 0 radical (unpaired) electrons. The molecule has 2 aromatic carbocycles. The first-order chi connectivity index (χ1) is 16.2. The van der Waals surface area contributed by atoms with Gasteiger partial charge in [0, 0.05) is 29.2 Å². The lowest BCUT2D eigenvalue weighted by molar-refractivity contribution is -0.142. The number of aromatic nitrogens is 2. The Morgan fingerprint density at radius 3 is 2.59 bits per heavy atom. The van der Waals surface area contributed by atoms with Gasteiger partial charge in [0.15, 0.2) is 5.75 Å². The molecule has 0 aliphatic heterocycles. The van der Waals surface area contributed by atoms with Crippen molar-refractivity contribution in [3.8, 4) is 22.8 Å². The predicted octanol–water partition coefficient (Wildman–Crippen LogP) is 7.00. The van der Waals surface area contributed by atoms with E-state index in [1.54, 1.807) is 38.2 Å². The molecule has 0 bridgehead atoms. The summed E-state index contributed by atoms with van der Waals surface area (Å²) in [6.07, 6.45) is 1.64. The average molecular weight is 474 g/mol. The zero-order chi connectivity index (χ0) is 24.3. The number of pyridine rings is 2. The Morgan fingerprint density at radius 1 is 1.03 bits per heavy atom. The lowest BCUT2D eigenvalue weighted by Crippen LogP contribution is -2.28. The molecule has 0 atom stereocenters. The third-order valence-corrected chi connectivity index (χ3v) is 5.81. The van der Waals surface area contributed by atoms with Crippen LogP contribution in [0.2, 0.25) is 5.02 Å². The zero-order valence-electron chi connectivity index (χ0n) is 19.0. The maximum atomic E-state index is 11.6. The number of carboxylic acid groups (broad SMARTS) is 1. The van der Waals surface area contributed by atoms with Gasteiger partial charge in [-0.2, -0.15) is 0 Å². The second-order valence-electron chi connectivity index (χ2n) is 8.39. The van der Waals surface area contributed by atoms with Crippen molar-refractivity contribution >= 4 is 29.1 Å². The van der Waals surface area contributed by atoms with E-state index in [9.17, 15) is 9.90 Å². The van der Waals surface area contributed by atoms with Crippen LogP contribution < -0.4 is 10.1 Å². The molecule has 0 unspecified atom stereocenters. The lowest BCUT2D eigenvalue weighted by atomic mass is 9.84. The molecule has 2 aromatic heterocycles. The van der Waals surface area contributed by atoms with Crippen LogP contribution in [0.1, 0.15) is 25.1 Å². The standard InChI is InChI=1S/C27H24ClN3O3/c1-17-11-12-23(25(30-17)21-9-4-5-10-22(21)28)34-20-13-14-29-24(16-20)31-19-8-6-7-18(15-19)27(2,3)26(32)33/h4-16H,1-3H3,(H,29,31)(H,32,33). The molecular formula is C27H24ClN3O3. The van der Waals surface area contributed by atoms with E-state index in [0.29, 0.717) is 33.6 Å². The van der Waals surface area contributed by atoms with E-state index in [0.717, 1.165) is 16.9 Å². The number of ether oxygens (including phenoxy) is 1. The van der Waals surface area contributed by atoms with Gasteiger partial charge in [0.2, 0.25) is 0 Å². The van der Waals surface area contributed by atoms with E-state index in [1.165, 1.54) is 0 Å². The number of benzene rings is 2. The molecule has 7 heteroatoms. The van der Waals surface area contributed by atoms with Crippen molar-refractivity contribution < 1.29 is 14.6 Å². The fraction of sp³-hybridized carbons (Fsp3) is 0.148. The number of carbonyl (C=O) groups is 1. The second-order valence-corrected chi connectivity index (χ2v) is 8.80. The third-order valence-electron chi connectivity index (χ3n) is 5.48. The quantitative estimate of drug-likeness (QED) is 0.300. The number of nitrogens with zero attached hydrogens (tertiary/aromatic N) is 2. The van der Waals surface area contributed by atoms with Crippen LogP contribution in [0, 0.1) is 6.92 Å². The van der Waals surface area contributed by atoms with E-state index in [2.05, 4.69) is 15.3 Å². The zero-order valence-corrected chi connectivity index (χ0v) is 19.8. The molecule has 2 heterocycles. The van der Waals surface area contributed by atoms with E-state index in [4.69, 9.17) is 16.3 Å². The molecule has 0 fully saturated rings. The second kappa shape index (κ2) is 9.53. The number of anilines is 2. The van der Waals surface area contributed by atoms with Gasteiger partial charge in [-0.15, -0.1) is 0 Å². The van der Waals surface area contributed by atoms with Crippen LogP contribution in [-0.4, -0.2) is 21.0 Å². The summed E-state index contributed by atoms with van der Waals surface area (Å²) in [5.41, 5.74) is 2.69. The SMILES string of the molecule is Cc1ccc(Oc2ccnc(Nc3cccc(C(C)(C)C(=O)O)c3)c2)c(-c2ccccc2Cl)n1. The van der Waals surface area contributed by atoms with E-state index in [1.807, 2.05) is 61.5 Å². The Bertz CT molecular complexity index is 1350. The van der Waals surface area contributed by atoms with Crippen LogP contribution in [0.15, 0.2) is 79.0 Å². The molecule has 0 aliphatic carbocycles. The number of halogens is 1. The van der Waals surface area contributed by atoms with Crippen LogP contribution in [0.25, 0.3) is 11.3 Å². The molecule has 2 N–H and O–H groups in total. The fourth-order valence-electron chi connectivity index (χ4n) is 3.40. The molecular weight excluding hydrogens is 450 g/mol. The van der Waals surface area contributed by atoms with Crippen molar-refractivity contribution in [1.29, 1.82) is 0 Å². The Morgan fingerprint density at radius 2 is 1.82 bits per heavy atom. The number of hydrogen-bond acceptors (Lipinski definition) is 5. The number of aliphatic carboxylic acids is 1. The summed E-state index contributed by atoms with van der Waals surface area (Å²) in [4.78, 5) is 20.6. The summed E-state index contributed by atoms with van der Waals surface area (Å²) in [5.74, 6) is 0.806. The predicted molar refractivity (Wildman–Crippen MR) is 134 cm³/mol. The number of nitrogens with one attached hydrogen (secondary N) is 1. The molecule has 34 heavy (non-hydrogen) atoms.